The van der Waals surface area contributed by atoms with Gasteiger partial charge >= 0.3 is 0 Å². The number of hydrogen-bond acceptors (Lipinski definition) is 1. The van der Waals surface area contributed by atoms with E-state index in [2.05, 4.69) is 58.0 Å². The van der Waals surface area contributed by atoms with Gasteiger partial charge in [0.2, 0.25) is 0 Å². The van der Waals surface area contributed by atoms with Crippen LogP contribution in [0.4, 0.5) is 0 Å². The van der Waals surface area contributed by atoms with Crippen molar-refractivity contribution in [3.63, 3.8) is 0 Å². The van der Waals surface area contributed by atoms with Crippen molar-refractivity contribution in [2.45, 2.75) is 39.5 Å². The molecule has 0 aliphatic rings. The second kappa shape index (κ2) is 6.17. The molecule has 0 atom stereocenters. The third-order valence-electron chi connectivity index (χ3n) is 4.22. The fourth-order valence-corrected chi connectivity index (χ4v) is 2.52. The maximum absolute atomic E-state index is 9.28. The second-order valence-corrected chi connectivity index (χ2v) is 6.24. The maximum Gasteiger partial charge on any atom is 0.115 e. The van der Waals surface area contributed by atoms with Crippen LogP contribution in [0.15, 0.2) is 42.5 Å². The van der Waals surface area contributed by atoms with E-state index in [1.165, 1.54) is 16.7 Å². The molecular weight excluding hydrogens is 256 g/mol. The highest BCUT2D eigenvalue weighted by Gasteiger charge is 2.19. The van der Waals surface area contributed by atoms with Crippen LogP contribution in [0, 0.1) is 6.92 Å². The number of phenols is 1. The molecule has 0 aromatic heterocycles. The molecular formula is C20H24O. The largest absolute Gasteiger partial charge is 0.508 e. The van der Waals surface area contributed by atoms with Crippen molar-refractivity contribution < 1.29 is 5.11 Å². The van der Waals surface area contributed by atoms with Crippen LogP contribution in [0.5, 0.6) is 5.75 Å². The van der Waals surface area contributed by atoms with Crippen molar-refractivity contribution in [2.75, 3.05) is 0 Å². The Morgan fingerprint density at radius 1 is 0.952 bits per heavy atom. The van der Waals surface area contributed by atoms with Gasteiger partial charge in [0, 0.05) is 0 Å². The van der Waals surface area contributed by atoms with Crippen LogP contribution < -0.4 is 0 Å². The number of phenolic OH excluding ortho intramolecular Hbond substituents is 1. The third-order valence-corrected chi connectivity index (χ3v) is 4.22. The topological polar surface area (TPSA) is 20.2 Å². The minimum absolute atomic E-state index is 0.225. The molecule has 0 radical (unpaired) electrons. The Hall–Kier alpha value is -2.02. The van der Waals surface area contributed by atoms with E-state index in [0.717, 1.165) is 12.0 Å². The summed E-state index contributed by atoms with van der Waals surface area (Å²) in [7, 11) is 0. The monoisotopic (exact) mass is 280 g/mol. The molecule has 0 amide bonds. The van der Waals surface area contributed by atoms with Gasteiger partial charge in [-0.15, -0.1) is 0 Å². The average molecular weight is 280 g/mol. The Balaban J connectivity index is 2.22. The average Bonchev–Trinajstić information content (AvgIpc) is 2.46. The zero-order valence-corrected chi connectivity index (χ0v) is 13.4. The van der Waals surface area contributed by atoms with E-state index in [-0.39, 0.29) is 5.41 Å². The summed E-state index contributed by atoms with van der Waals surface area (Å²) in [4.78, 5) is 0. The van der Waals surface area contributed by atoms with Crippen molar-refractivity contribution in [3.8, 4) is 5.75 Å². The first-order valence-electron chi connectivity index (χ1n) is 7.50. The number of aromatic hydroxyl groups is 1. The van der Waals surface area contributed by atoms with Crippen LogP contribution in [0.1, 0.15) is 49.4 Å². The lowest BCUT2D eigenvalue weighted by atomic mass is 9.79. The van der Waals surface area contributed by atoms with Crippen LogP contribution in [0.2, 0.25) is 0 Å². The van der Waals surface area contributed by atoms with Crippen molar-refractivity contribution in [2.24, 2.45) is 0 Å². The molecule has 110 valence electrons. The van der Waals surface area contributed by atoms with Gasteiger partial charge in [-0.25, -0.2) is 0 Å². The Bertz CT molecular complexity index is 633. The lowest BCUT2D eigenvalue weighted by Gasteiger charge is -2.25. The minimum Gasteiger partial charge on any atom is -0.508 e. The van der Waals surface area contributed by atoms with Gasteiger partial charge in [0.05, 0.1) is 0 Å². The van der Waals surface area contributed by atoms with Gasteiger partial charge in [-0.2, -0.15) is 0 Å². The van der Waals surface area contributed by atoms with Crippen molar-refractivity contribution >= 4 is 12.2 Å². The summed E-state index contributed by atoms with van der Waals surface area (Å²) >= 11 is 0. The van der Waals surface area contributed by atoms with Crippen molar-refractivity contribution in [1.82, 2.24) is 0 Å². The fraction of sp³-hybridized carbons (Fsp3) is 0.300. The quantitative estimate of drug-likeness (QED) is 0.727. The molecule has 0 spiro atoms. The molecule has 2 aromatic carbocycles. The van der Waals surface area contributed by atoms with Crippen LogP contribution in [-0.2, 0) is 5.41 Å². The lowest BCUT2D eigenvalue weighted by Crippen LogP contribution is -2.16. The first-order chi connectivity index (χ1) is 9.92. The van der Waals surface area contributed by atoms with E-state index in [0.29, 0.717) is 5.75 Å². The Morgan fingerprint density at radius 2 is 1.52 bits per heavy atom. The number of aryl methyl sites for hydroxylation is 1. The number of hydrogen-bond donors (Lipinski definition) is 1. The van der Waals surface area contributed by atoms with Crippen LogP contribution in [0.25, 0.3) is 12.2 Å². The highest BCUT2D eigenvalue weighted by Crippen LogP contribution is 2.30. The molecule has 2 aromatic rings. The minimum atomic E-state index is 0.225. The van der Waals surface area contributed by atoms with Gasteiger partial charge in [-0.1, -0.05) is 63.3 Å². The third kappa shape index (κ3) is 3.75. The summed E-state index contributed by atoms with van der Waals surface area (Å²) < 4.78 is 0. The highest BCUT2D eigenvalue weighted by atomic mass is 16.3. The van der Waals surface area contributed by atoms with Crippen molar-refractivity contribution in [3.05, 3.63) is 64.7 Å². The lowest BCUT2D eigenvalue weighted by molar-refractivity contribution is 0.475. The molecule has 1 N–H and O–H groups in total. The predicted octanol–water partition coefficient (Wildman–Crippen LogP) is 5.56. The van der Waals surface area contributed by atoms with Gasteiger partial charge in [-0.05, 0) is 53.1 Å². The second-order valence-electron chi connectivity index (χ2n) is 6.24. The van der Waals surface area contributed by atoms with E-state index in [4.69, 9.17) is 0 Å². The number of benzene rings is 2. The molecule has 0 saturated heterocycles. The zero-order valence-electron chi connectivity index (χ0n) is 13.4. The Morgan fingerprint density at radius 3 is 2.10 bits per heavy atom. The van der Waals surface area contributed by atoms with E-state index in [1.807, 2.05) is 12.1 Å². The van der Waals surface area contributed by atoms with E-state index >= 15 is 0 Å². The molecule has 0 bridgehead atoms. The molecule has 2 rings (SSSR count). The van der Waals surface area contributed by atoms with Gasteiger partial charge in [0.25, 0.3) is 0 Å². The Labute approximate surface area is 128 Å². The summed E-state index contributed by atoms with van der Waals surface area (Å²) in [5, 5.41) is 9.28. The molecule has 0 saturated carbocycles. The molecule has 21 heavy (non-hydrogen) atoms. The van der Waals surface area contributed by atoms with E-state index in [1.54, 1.807) is 12.1 Å². The molecule has 0 unspecified atom stereocenters. The van der Waals surface area contributed by atoms with Crippen molar-refractivity contribution in [1.29, 1.82) is 0 Å². The fourth-order valence-electron chi connectivity index (χ4n) is 2.52. The summed E-state index contributed by atoms with van der Waals surface area (Å²) in [6.07, 6.45) is 5.32. The van der Waals surface area contributed by atoms with Crippen LogP contribution in [0.3, 0.4) is 0 Å². The van der Waals surface area contributed by atoms with Crippen LogP contribution in [-0.4, -0.2) is 5.11 Å². The molecule has 0 aliphatic carbocycles. The predicted molar refractivity (Wildman–Crippen MR) is 91.5 cm³/mol. The van der Waals surface area contributed by atoms with Gasteiger partial charge in [0.15, 0.2) is 0 Å². The first kappa shape index (κ1) is 15.4. The van der Waals surface area contributed by atoms with Gasteiger partial charge < -0.3 is 5.11 Å². The summed E-state index contributed by atoms with van der Waals surface area (Å²) in [5.41, 5.74) is 5.28. The molecule has 0 fully saturated rings. The smallest absolute Gasteiger partial charge is 0.115 e. The number of rotatable bonds is 4. The SMILES string of the molecule is CCC(C)(C)c1ccc(/C=C/c2ccc(O)cc2)cc1C. The maximum atomic E-state index is 9.28. The van der Waals surface area contributed by atoms with Gasteiger partial charge in [-0.3, -0.25) is 0 Å². The zero-order chi connectivity index (χ0) is 15.5. The molecule has 1 nitrogen and oxygen atoms in total. The molecule has 0 heterocycles. The normalized spacial score (nSPS) is 12.0. The van der Waals surface area contributed by atoms with Gasteiger partial charge in [0.1, 0.15) is 5.75 Å². The van der Waals surface area contributed by atoms with Crippen LogP contribution >= 0.6 is 0 Å². The standard InChI is InChI=1S/C20H24O/c1-5-20(3,4)19-13-10-17(14-15(19)2)7-6-16-8-11-18(21)12-9-16/h6-14,21H,5H2,1-4H3/b7-6+. The summed E-state index contributed by atoms with van der Waals surface area (Å²) in [6, 6.07) is 13.9. The Kier molecular flexibility index (Phi) is 4.52. The highest BCUT2D eigenvalue weighted by molar-refractivity contribution is 5.70. The van der Waals surface area contributed by atoms with E-state index < -0.39 is 0 Å². The molecule has 1 heteroatoms. The summed E-state index contributed by atoms with van der Waals surface area (Å²) in [6.45, 7) is 9.01. The molecule has 0 aliphatic heterocycles. The van der Waals surface area contributed by atoms with E-state index in [9.17, 15) is 5.11 Å². The first-order valence-corrected chi connectivity index (χ1v) is 7.50. The summed E-state index contributed by atoms with van der Waals surface area (Å²) in [5.74, 6) is 0.300.